The van der Waals surface area contributed by atoms with Gasteiger partial charge in [-0.25, -0.2) is 8.96 Å². The second-order valence-corrected chi connectivity index (χ2v) is 12.3. The molecule has 0 radical (unpaired) electrons. The minimum Gasteiger partial charge on any atom is -0.463 e. The highest BCUT2D eigenvalue weighted by Gasteiger charge is 2.59. The Balaban J connectivity index is 1.63. The highest BCUT2D eigenvalue weighted by Crippen LogP contribution is 2.53. The van der Waals surface area contributed by atoms with Gasteiger partial charge in [0.05, 0.1) is 29.7 Å². The largest absolute Gasteiger partial charge is 0.463 e. The molecule has 41 heavy (non-hydrogen) atoms. The first-order valence-corrected chi connectivity index (χ1v) is 14.7. The van der Waals surface area contributed by atoms with Crippen LogP contribution in [0.3, 0.4) is 0 Å². The van der Waals surface area contributed by atoms with Gasteiger partial charge in [0.15, 0.2) is 17.5 Å². The normalized spacial score (nSPS) is 25.6. The average molecular weight is 597 g/mol. The van der Waals surface area contributed by atoms with Crippen molar-refractivity contribution in [2.45, 2.75) is 63.9 Å². The van der Waals surface area contributed by atoms with Crippen LogP contribution < -0.4 is 15.8 Å². The molecule has 5 N–H and O–H groups in total. The number of esters is 1. The highest BCUT2D eigenvalue weighted by molar-refractivity contribution is 7.54. The fourth-order valence-electron chi connectivity index (χ4n) is 4.66. The van der Waals surface area contributed by atoms with E-state index >= 15 is 0 Å². The molecule has 0 amide bonds. The zero-order chi connectivity index (χ0) is 30.1. The summed E-state index contributed by atoms with van der Waals surface area (Å²) >= 11 is 0. The molecule has 1 aliphatic heterocycles. The van der Waals surface area contributed by atoms with E-state index in [1.54, 1.807) is 44.2 Å². The summed E-state index contributed by atoms with van der Waals surface area (Å²) in [7, 11) is -4.16. The number of hydrogen-bond acceptors (Lipinski definition) is 11. The molecule has 1 unspecified atom stereocenters. The molecule has 3 aromatic rings. The molecule has 1 saturated heterocycles. The van der Waals surface area contributed by atoms with Gasteiger partial charge in [-0.1, -0.05) is 25.1 Å². The summed E-state index contributed by atoms with van der Waals surface area (Å²) in [6, 6.07) is 9.51. The second-order valence-electron chi connectivity index (χ2n) is 10.3. The lowest BCUT2D eigenvalue weighted by Crippen LogP contribution is -2.50. The van der Waals surface area contributed by atoms with Crippen LogP contribution in [0.1, 0.15) is 33.9 Å². The molecule has 1 aliphatic rings. The monoisotopic (exact) mass is 596 g/mol. The molecule has 7 atom stereocenters. The maximum atomic E-state index is 14.4. The topological polar surface area (TPSA) is 188 Å². The number of aliphatic hydroxyl groups excluding tert-OH is 1. The van der Waals surface area contributed by atoms with E-state index in [-0.39, 0.29) is 28.9 Å². The van der Waals surface area contributed by atoms with Gasteiger partial charge in [-0.05, 0) is 39.0 Å². The number of halogens is 1. The van der Waals surface area contributed by atoms with Gasteiger partial charge in [0, 0.05) is 6.20 Å². The van der Waals surface area contributed by atoms with Crippen LogP contribution in [0.15, 0.2) is 47.4 Å². The molecule has 224 valence electrons. The van der Waals surface area contributed by atoms with E-state index < -0.39 is 68.0 Å². The summed E-state index contributed by atoms with van der Waals surface area (Å²) in [6.07, 6.45) is -5.57. The first-order valence-electron chi connectivity index (χ1n) is 13.0. The average Bonchev–Trinajstić information content (AvgIpc) is 3.42. The summed E-state index contributed by atoms with van der Waals surface area (Å²) in [6.45, 7) is 4.82. The lowest BCUT2D eigenvalue weighted by atomic mass is 9.93. The molecule has 0 bridgehead atoms. The van der Waals surface area contributed by atoms with Gasteiger partial charge in [0.25, 0.3) is 5.56 Å². The Morgan fingerprint density at radius 3 is 2.59 bits per heavy atom. The summed E-state index contributed by atoms with van der Waals surface area (Å²) < 4.78 is 52.3. The van der Waals surface area contributed by atoms with E-state index in [0.717, 1.165) is 0 Å². The van der Waals surface area contributed by atoms with E-state index in [2.05, 4.69) is 9.97 Å². The van der Waals surface area contributed by atoms with Gasteiger partial charge in [-0.15, -0.1) is 0 Å². The third-order valence-electron chi connectivity index (χ3n) is 6.63. The number of nitrogens with one attached hydrogen (secondary N) is 1. The number of ether oxygens (including phenoxy) is 2. The predicted octanol–water partition coefficient (Wildman–Crippen LogP) is 2.53. The Hall–Kier alpha value is -3.29. The molecular formula is C26H34FN4O9P. The van der Waals surface area contributed by atoms with Crippen LogP contribution in [0, 0.1) is 5.92 Å². The van der Waals surface area contributed by atoms with Crippen molar-refractivity contribution < 1.29 is 42.5 Å². The number of H-pyrrole nitrogens is 1. The van der Waals surface area contributed by atoms with Gasteiger partial charge in [0.2, 0.25) is 5.95 Å². The number of para-hydroxylation sites is 1. The van der Waals surface area contributed by atoms with Crippen molar-refractivity contribution in [3.05, 3.63) is 52.9 Å². The number of carbonyl (C=O) groups excluding carboxylic acids is 1. The number of anilines is 1. The number of nitrogens with zero attached hydrogens (tertiary/aromatic N) is 2. The molecule has 3 heterocycles. The molecule has 1 aromatic carbocycles. The van der Waals surface area contributed by atoms with Gasteiger partial charge >= 0.3 is 13.6 Å². The Bertz CT molecular complexity index is 1480. The number of aromatic amines is 1. The van der Waals surface area contributed by atoms with Crippen molar-refractivity contribution in [2.75, 3.05) is 18.6 Å². The Morgan fingerprint density at radius 1 is 1.27 bits per heavy atom. The number of aliphatic hydroxyl groups is 2. The van der Waals surface area contributed by atoms with E-state index in [4.69, 9.17) is 24.3 Å². The van der Waals surface area contributed by atoms with Crippen molar-refractivity contribution in [2.24, 2.45) is 5.92 Å². The number of fused-ring (bicyclic) bond motifs is 1. The Kier molecular flexibility index (Phi) is 8.90. The summed E-state index contributed by atoms with van der Waals surface area (Å²) in [5, 5.41) is 22.4. The number of nitrogens with two attached hydrogens (primary N) is 1. The van der Waals surface area contributed by atoms with Gasteiger partial charge < -0.3 is 34.5 Å². The van der Waals surface area contributed by atoms with Crippen LogP contribution in [0.2, 0.25) is 0 Å². The molecule has 13 nitrogen and oxygen atoms in total. The number of rotatable bonds is 11. The SMILES string of the molecule is CC(C)OC(=O)[C@H](C)C[P@](=O)(Oc1ccccc1)O[C@@H](C)[C@H]1O[C@@H](n2ccc3c(=O)[nH]c(N)nc32)C(O)(CF)[C@H]1O. The molecule has 4 rings (SSSR count). The van der Waals surface area contributed by atoms with Crippen molar-refractivity contribution in [1.29, 1.82) is 0 Å². The smallest absolute Gasteiger partial charge is 0.380 e. The fourth-order valence-corrected chi connectivity index (χ4v) is 6.75. The summed E-state index contributed by atoms with van der Waals surface area (Å²) in [4.78, 5) is 31.2. The highest BCUT2D eigenvalue weighted by atomic mass is 31.2. The summed E-state index contributed by atoms with van der Waals surface area (Å²) in [5.41, 5.74) is 2.58. The standard InChI is InChI=1S/C26H34FN4O9P/c1-14(2)37-23(34)15(3)12-41(36,40-17-8-6-5-7-9-17)39-16(4)19-20(32)26(35,13-27)24(38-19)31-11-10-18-21(31)29-25(28)30-22(18)33/h5-11,14-16,19-20,24,32,35H,12-13H2,1-4H3,(H3,28,29,30,33)/t15-,16+,19-,20+,24-,26?,41-/m1/s1. The van der Waals surface area contributed by atoms with Gasteiger partial charge in [-0.2, -0.15) is 4.98 Å². The van der Waals surface area contributed by atoms with Gasteiger partial charge in [0.1, 0.15) is 24.6 Å². The first kappa shape index (κ1) is 30.7. The number of carbonyl (C=O) groups is 1. The number of benzene rings is 1. The van der Waals surface area contributed by atoms with Crippen LogP contribution in [-0.4, -0.2) is 73.6 Å². The number of aromatic nitrogens is 3. The number of alkyl halides is 1. The minimum absolute atomic E-state index is 0.0138. The zero-order valence-corrected chi connectivity index (χ0v) is 23.9. The summed E-state index contributed by atoms with van der Waals surface area (Å²) in [5.74, 6) is -1.53. The van der Waals surface area contributed by atoms with Crippen molar-refractivity contribution >= 4 is 30.5 Å². The van der Waals surface area contributed by atoms with E-state index in [9.17, 15) is 28.8 Å². The third-order valence-corrected chi connectivity index (χ3v) is 8.77. The lowest BCUT2D eigenvalue weighted by molar-refractivity contribution is -0.151. The maximum Gasteiger partial charge on any atom is 0.380 e. The molecule has 2 aromatic heterocycles. The van der Waals surface area contributed by atoms with E-state index in [0.29, 0.717) is 0 Å². The number of hydrogen-bond donors (Lipinski definition) is 4. The van der Waals surface area contributed by atoms with E-state index in [1.807, 2.05) is 0 Å². The van der Waals surface area contributed by atoms with Crippen molar-refractivity contribution in [3.63, 3.8) is 0 Å². The molecule has 0 spiro atoms. The van der Waals surface area contributed by atoms with Crippen LogP contribution in [0.4, 0.5) is 10.3 Å². The Morgan fingerprint density at radius 2 is 1.95 bits per heavy atom. The second kappa shape index (κ2) is 11.9. The van der Waals surface area contributed by atoms with Crippen LogP contribution >= 0.6 is 7.60 Å². The quantitative estimate of drug-likeness (QED) is 0.188. The zero-order valence-electron chi connectivity index (χ0n) is 23.0. The molecular weight excluding hydrogens is 562 g/mol. The first-order chi connectivity index (χ1) is 19.3. The van der Waals surface area contributed by atoms with Crippen LogP contribution in [0.5, 0.6) is 5.75 Å². The van der Waals surface area contributed by atoms with Crippen molar-refractivity contribution in [1.82, 2.24) is 14.5 Å². The molecule has 1 fully saturated rings. The third kappa shape index (κ3) is 6.31. The van der Waals surface area contributed by atoms with Crippen LogP contribution in [0.25, 0.3) is 11.0 Å². The molecule has 0 aliphatic carbocycles. The van der Waals surface area contributed by atoms with E-state index in [1.165, 1.54) is 30.7 Å². The van der Waals surface area contributed by atoms with Crippen molar-refractivity contribution in [3.8, 4) is 5.75 Å². The lowest BCUT2D eigenvalue weighted by Gasteiger charge is -2.30. The van der Waals surface area contributed by atoms with Crippen LogP contribution in [-0.2, 0) is 23.4 Å². The minimum atomic E-state index is -4.16. The van der Waals surface area contributed by atoms with Gasteiger partial charge in [-0.3, -0.25) is 19.1 Å². The maximum absolute atomic E-state index is 14.4. The number of nitrogen functional groups attached to an aromatic ring is 1. The Labute approximate surface area is 234 Å². The fraction of sp³-hybridized carbons (Fsp3) is 0.500. The molecule has 15 heteroatoms. The molecule has 0 saturated carbocycles. The predicted molar refractivity (Wildman–Crippen MR) is 146 cm³/mol.